The number of carbonyl (C=O) groups is 4. The van der Waals surface area contributed by atoms with Gasteiger partial charge in [-0.2, -0.15) is 0 Å². The Labute approximate surface area is 159 Å². The number of esters is 3. The van der Waals surface area contributed by atoms with E-state index in [9.17, 15) is 19.2 Å². The van der Waals surface area contributed by atoms with Gasteiger partial charge in [0.25, 0.3) is 0 Å². The molecule has 0 bridgehead atoms. The topological polar surface area (TPSA) is 117 Å². The summed E-state index contributed by atoms with van der Waals surface area (Å²) in [5.41, 5.74) is 0. The van der Waals surface area contributed by atoms with Gasteiger partial charge >= 0.3 is 17.9 Å². The highest BCUT2D eigenvalue weighted by atomic mass is 16.6. The van der Waals surface area contributed by atoms with Crippen LogP contribution in [0.15, 0.2) is 0 Å². The van der Waals surface area contributed by atoms with Crippen molar-refractivity contribution in [3.8, 4) is 0 Å². The molecule has 1 saturated heterocycles. The Bertz CT molecular complexity index is 535. The lowest BCUT2D eigenvalue weighted by Crippen LogP contribution is -2.62. The average molecular weight is 387 g/mol. The van der Waals surface area contributed by atoms with Crippen molar-refractivity contribution >= 4 is 23.8 Å². The third-order valence-corrected chi connectivity index (χ3v) is 4.05. The third kappa shape index (κ3) is 7.16. The maximum atomic E-state index is 11.9. The lowest BCUT2D eigenvalue weighted by Gasteiger charge is -2.41. The summed E-state index contributed by atoms with van der Waals surface area (Å²) in [6.45, 7) is 6.48. The molecule has 0 aromatic heterocycles. The van der Waals surface area contributed by atoms with E-state index in [-0.39, 0.29) is 44.8 Å². The van der Waals surface area contributed by atoms with Crippen molar-refractivity contribution in [1.82, 2.24) is 5.32 Å². The van der Waals surface area contributed by atoms with Crippen molar-refractivity contribution in [3.05, 3.63) is 0 Å². The number of hydrogen-bond acceptors (Lipinski definition) is 8. The summed E-state index contributed by atoms with van der Waals surface area (Å²) in [4.78, 5) is 47.1. The Hall–Kier alpha value is -2.16. The van der Waals surface area contributed by atoms with E-state index in [4.69, 9.17) is 18.9 Å². The molecule has 9 heteroatoms. The molecule has 1 heterocycles. The van der Waals surface area contributed by atoms with Gasteiger partial charge in [0.15, 0.2) is 12.2 Å². The molecule has 0 aromatic carbocycles. The van der Waals surface area contributed by atoms with Gasteiger partial charge in [-0.3, -0.25) is 19.2 Å². The van der Waals surface area contributed by atoms with E-state index in [0.717, 1.165) is 0 Å². The molecule has 1 fully saturated rings. The van der Waals surface area contributed by atoms with Crippen LogP contribution in [0.4, 0.5) is 0 Å². The van der Waals surface area contributed by atoms with Gasteiger partial charge in [0.2, 0.25) is 5.91 Å². The summed E-state index contributed by atoms with van der Waals surface area (Å²) in [6.07, 6.45) is -2.09. The summed E-state index contributed by atoms with van der Waals surface area (Å²) in [5, 5.41) is 2.73. The molecule has 154 valence electrons. The zero-order valence-electron chi connectivity index (χ0n) is 16.3. The first-order valence-corrected chi connectivity index (χ1v) is 9.31. The van der Waals surface area contributed by atoms with Gasteiger partial charge in [-0.15, -0.1) is 0 Å². The number of nitrogens with one attached hydrogen (secondary N) is 1. The Balaban J connectivity index is 3.05. The monoisotopic (exact) mass is 387 g/mol. The van der Waals surface area contributed by atoms with E-state index in [2.05, 4.69) is 5.32 Å². The third-order valence-electron chi connectivity index (χ3n) is 4.05. The summed E-state index contributed by atoms with van der Waals surface area (Å²) < 4.78 is 21.7. The molecular formula is C18H29NO8. The first-order chi connectivity index (χ1) is 12.9. The molecule has 1 aliphatic rings. The van der Waals surface area contributed by atoms with Crippen molar-refractivity contribution < 1.29 is 38.1 Å². The van der Waals surface area contributed by atoms with Crippen molar-refractivity contribution in [3.63, 3.8) is 0 Å². The number of amides is 1. The molecule has 0 aliphatic carbocycles. The molecule has 4 atom stereocenters. The van der Waals surface area contributed by atoms with E-state index in [1.54, 1.807) is 27.7 Å². The Morgan fingerprint density at radius 2 is 1.41 bits per heavy atom. The van der Waals surface area contributed by atoms with Gasteiger partial charge in [-0.05, 0) is 0 Å². The van der Waals surface area contributed by atoms with Gasteiger partial charge in [0, 0.05) is 25.7 Å². The smallest absolute Gasteiger partial charge is 0.306 e. The number of hydrogen-bond donors (Lipinski definition) is 1. The van der Waals surface area contributed by atoms with E-state index in [1.807, 2.05) is 0 Å². The Morgan fingerprint density at radius 3 is 1.93 bits per heavy atom. The van der Waals surface area contributed by atoms with Crippen LogP contribution in [0.5, 0.6) is 0 Å². The Kier molecular flexibility index (Phi) is 9.77. The first kappa shape index (κ1) is 22.9. The van der Waals surface area contributed by atoms with Gasteiger partial charge < -0.3 is 24.3 Å². The highest BCUT2D eigenvalue weighted by Crippen LogP contribution is 2.23. The van der Waals surface area contributed by atoms with Crippen LogP contribution in [0.1, 0.15) is 53.4 Å². The second-order valence-corrected chi connectivity index (χ2v) is 6.05. The molecule has 0 spiro atoms. The molecule has 9 nitrogen and oxygen atoms in total. The van der Waals surface area contributed by atoms with Gasteiger partial charge in [0.1, 0.15) is 12.7 Å². The van der Waals surface area contributed by atoms with Crippen LogP contribution in [-0.2, 0) is 38.1 Å². The molecule has 0 aromatic rings. The summed E-state index contributed by atoms with van der Waals surface area (Å²) in [5.74, 6) is -1.70. The van der Waals surface area contributed by atoms with E-state index >= 15 is 0 Å². The molecule has 27 heavy (non-hydrogen) atoms. The minimum Gasteiger partial charge on any atom is -0.463 e. The molecule has 0 saturated carbocycles. The van der Waals surface area contributed by atoms with Crippen LogP contribution >= 0.6 is 0 Å². The molecule has 0 radical (unpaired) electrons. The number of carbonyl (C=O) groups excluding carboxylic acids is 4. The lowest BCUT2D eigenvalue weighted by molar-refractivity contribution is -0.209. The largest absolute Gasteiger partial charge is 0.463 e. The lowest BCUT2D eigenvalue weighted by atomic mass is 9.97. The van der Waals surface area contributed by atoms with Crippen LogP contribution in [0.3, 0.4) is 0 Å². The van der Waals surface area contributed by atoms with E-state index in [0.29, 0.717) is 0 Å². The fourth-order valence-electron chi connectivity index (χ4n) is 2.47. The van der Waals surface area contributed by atoms with Crippen LogP contribution in [0, 0.1) is 0 Å². The Morgan fingerprint density at radius 1 is 0.852 bits per heavy atom. The minimum absolute atomic E-state index is 0.0297. The zero-order valence-corrected chi connectivity index (χ0v) is 16.3. The molecule has 0 unspecified atom stereocenters. The molecule has 1 amide bonds. The minimum atomic E-state index is -1.01. The first-order valence-electron chi connectivity index (χ1n) is 9.31. The summed E-state index contributed by atoms with van der Waals surface area (Å²) in [7, 11) is 0. The fraction of sp³-hybridized carbons (Fsp3) is 0.778. The SMILES string of the molecule is CCC(=O)N[C@H]1CO[C@H](COC(=O)CC)[C@H](OC(=O)CC)[C@@H]1OC(=O)CC. The van der Waals surface area contributed by atoms with E-state index in [1.165, 1.54) is 0 Å². The van der Waals surface area contributed by atoms with Gasteiger partial charge in [0.05, 0.1) is 12.6 Å². The van der Waals surface area contributed by atoms with Crippen molar-refractivity contribution in [2.45, 2.75) is 77.7 Å². The van der Waals surface area contributed by atoms with Crippen LogP contribution in [0.25, 0.3) is 0 Å². The van der Waals surface area contributed by atoms with Gasteiger partial charge in [-0.25, -0.2) is 0 Å². The van der Waals surface area contributed by atoms with Crippen LogP contribution in [0.2, 0.25) is 0 Å². The molecule has 1 rings (SSSR count). The molecular weight excluding hydrogens is 358 g/mol. The molecule has 1 N–H and O–H groups in total. The predicted octanol–water partition coefficient (Wildman–Crippen LogP) is 0.877. The highest BCUT2D eigenvalue weighted by Gasteiger charge is 2.46. The summed E-state index contributed by atoms with van der Waals surface area (Å²) in [6, 6.07) is -0.680. The second kappa shape index (κ2) is 11.5. The fourth-order valence-corrected chi connectivity index (χ4v) is 2.47. The second-order valence-electron chi connectivity index (χ2n) is 6.05. The van der Waals surface area contributed by atoms with Crippen molar-refractivity contribution in [2.24, 2.45) is 0 Å². The summed E-state index contributed by atoms with van der Waals surface area (Å²) >= 11 is 0. The zero-order chi connectivity index (χ0) is 20.4. The predicted molar refractivity (Wildman–Crippen MR) is 93.6 cm³/mol. The van der Waals surface area contributed by atoms with Crippen LogP contribution < -0.4 is 5.32 Å². The highest BCUT2D eigenvalue weighted by molar-refractivity contribution is 5.76. The number of rotatable bonds is 9. The average Bonchev–Trinajstić information content (AvgIpc) is 2.68. The maximum absolute atomic E-state index is 11.9. The van der Waals surface area contributed by atoms with Crippen molar-refractivity contribution in [1.29, 1.82) is 0 Å². The van der Waals surface area contributed by atoms with E-state index < -0.39 is 42.3 Å². The van der Waals surface area contributed by atoms with Crippen molar-refractivity contribution in [2.75, 3.05) is 13.2 Å². The molecule has 1 aliphatic heterocycles. The quantitative estimate of drug-likeness (QED) is 0.458. The van der Waals surface area contributed by atoms with Gasteiger partial charge in [-0.1, -0.05) is 27.7 Å². The standard InChI is InChI=1S/C18H29NO8/c1-5-13(20)19-11-9-24-12(10-25-14(21)6-2)18(27-16(23)8-4)17(11)26-15(22)7-3/h11-12,17-18H,5-10H2,1-4H3,(H,19,20)/t11-,12+,17+,18-/m0/s1. The maximum Gasteiger partial charge on any atom is 0.306 e. The number of ether oxygens (including phenoxy) is 4. The van der Waals surface area contributed by atoms with Crippen LogP contribution in [-0.4, -0.2) is 61.4 Å². The normalized spacial score (nSPS) is 24.6.